The summed E-state index contributed by atoms with van der Waals surface area (Å²) in [5.74, 6) is 0.799. The number of likely N-dealkylation sites (N-methyl/N-ethyl adjacent to an activating group) is 1. The molecule has 0 heterocycles. The third-order valence-corrected chi connectivity index (χ3v) is 3.30. The summed E-state index contributed by atoms with van der Waals surface area (Å²) in [5, 5.41) is 0. The first-order valence-corrected chi connectivity index (χ1v) is 6.31. The average Bonchev–Trinajstić information content (AvgIpc) is 2.35. The van der Waals surface area contributed by atoms with Crippen molar-refractivity contribution in [3.05, 3.63) is 29.8 Å². The fourth-order valence-corrected chi connectivity index (χ4v) is 1.40. The quantitative estimate of drug-likeness (QED) is 0.726. The van der Waals surface area contributed by atoms with Crippen molar-refractivity contribution in [1.29, 1.82) is 0 Å². The Labute approximate surface area is 110 Å². The summed E-state index contributed by atoms with van der Waals surface area (Å²) in [6, 6.07) is 7.44. The highest BCUT2D eigenvalue weighted by atomic mass is 16.5. The van der Waals surface area contributed by atoms with Gasteiger partial charge in [0.2, 0.25) is 0 Å². The lowest BCUT2D eigenvalue weighted by molar-refractivity contribution is 0.0965. The second-order valence-electron chi connectivity index (χ2n) is 5.27. The molecule has 0 saturated carbocycles. The normalized spacial score (nSPS) is 11.7. The van der Waals surface area contributed by atoms with Crippen LogP contribution in [0.1, 0.15) is 37.6 Å². The highest BCUT2D eigenvalue weighted by Gasteiger charge is 2.22. The minimum Gasteiger partial charge on any atom is -0.491 e. The van der Waals surface area contributed by atoms with E-state index in [4.69, 9.17) is 4.74 Å². The topological polar surface area (TPSA) is 29.5 Å². The van der Waals surface area contributed by atoms with Gasteiger partial charge in [-0.15, -0.1) is 0 Å². The Morgan fingerprint density at radius 2 is 1.89 bits per heavy atom. The van der Waals surface area contributed by atoms with Crippen LogP contribution in [0, 0.1) is 0 Å². The lowest BCUT2D eigenvalue weighted by Crippen LogP contribution is -2.43. The van der Waals surface area contributed by atoms with Crippen LogP contribution < -0.4 is 4.74 Å². The summed E-state index contributed by atoms with van der Waals surface area (Å²) >= 11 is 0. The van der Waals surface area contributed by atoms with E-state index in [0.717, 1.165) is 0 Å². The number of ketones is 1. The molecule has 100 valence electrons. The second-order valence-corrected chi connectivity index (χ2v) is 5.27. The number of para-hydroxylation sites is 1. The molecule has 1 aromatic rings. The van der Waals surface area contributed by atoms with Crippen LogP contribution >= 0.6 is 0 Å². The molecule has 0 atom stereocenters. The smallest absolute Gasteiger partial charge is 0.166 e. The number of carbonyl (C=O) groups is 1. The van der Waals surface area contributed by atoms with Crippen LogP contribution in [-0.4, -0.2) is 36.9 Å². The van der Waals surface area contributed by atoms with E-state index >= 15 is 0 Å². The van der Waals surface area contributed by atoms with Gasteiger partial charge in [0.1, 0.15) is 12.4 Å². The fraction of sp³-hybridized carbons (Fsp3) is 0.533. The van der Waals surface area contributed by atoms with Crippen molar-refractivity contribution in [2.75, 3.05) is 20.7 Å². The predicted molar refractivity (Wildman–Crippen MR) is 74.3 cm³/mol. The zero-order valence-corrected chi connectivity index (χ0v) is 12.0. The Balaban J connectivity index is 2.82. The van der Waals surface area contributed by atoms with Gasteiger partial charge in [-0.2, -0.15) is 0 Å². The molecular formula is C15H23NO2. The van der Waals surface area contributed by atoms with Gasteiger partial charge in [0, 0.05) is 12.0 Å². The Morgan fingerprint density at radius 1 is 1.28 bits per heavy atom. The van der Waals surface area contributed by atoms with Crippen LogP contribution in [0.4, 0.5) is 0 Å². The molecule has 0 aliphatic heterocycles. The van der Waals surface area contributed by atoms with Gasteiger partial charge in [-0.25, -0.2) is 0 Å². The van der Waals surface area contributed by atoms with Gasteiger partial charge in [0.15, 0.2) is 5.78 Å². The minimum atomic E-state index is -0.0671. The van der Waals surface area contributed by atoms with Crippen LogP contribution in [0.25, 0.3) is 0 Å². The number of hydrogen-bond acceptors (Lipinski definition) is 3. The minimum absolute atomic E-state index is 0.0671. The molecule has 0 spiro atoms. The summed E-state index contributed by atoms with van der Waals surface area (Å²) in [5.41, 5.74) is 0.608. The SMILES string of the molecule is CCC(=O)c1ccccc1OCC(C)(C)N(C)C. The van der Waals surface area contributed by atoms with Gasteiger partial charge in [-0.1, -0.05) is 19.1 Å². The number of Topliss-reactive ketones (excluding diaryl/α,β-unsaturated/α-hetero) is 1. The lowest BCUT2D eigenvalue weighted by atomic mass is 10.1. The Bertz CT molecular complexity index is 411. The summed E-state index contributed by atoms with van der Waals surface area (Å²) in [6.45, 7) is 6.63. The molecule has 1 rings (SSSR count). The number of hydrogen-bond donors (Lipinski definition) is 0. The van der Waals surface area contributed by atoms with Gasteiger partial charge in [-0.05, 0) is 40.1 Å². The van der Waals surface area contributed by atoms with Gasteiger partial charge in [0.25, 0.3) is 0 Å². The standard InChI is InChI=1S/C15H23NO2/c1-6-13(17)12-9-7-8-10-14(12)18-11-15(2,3)16(4)5/h7-10H,6,11H2,1-5H3. The summed E-state index contributed by atoms with van der Waals surface area (Å²) < 4.78 is 5.82. The van der Waals surface area contributed by atoms with Crippen molar-refractivity contribution < 1.29 is 9.53 Å². The van der Waals surface area contributed by atoms with Crippen molar-refractivity contribution in [2.24, 2.45) is 0 Å². The maximum absolute atomic E-state index is 11.8. The van der Waals surface area contributed by atoms with Gasteiger partial charge in [-0.3, -0.25) is 4.79 Å². The molecule has 0 aliphatic rings. The first kappa shape index (κ1) is 14.7. The van der Waals surface area contributed by atoms with E-state index in [1.54, 1.807) is 0 Å². The van der Waals surface area contributed by atoms with Crippen LogP contribution in [0.2, 0.25) is 0 Å². The number of rotatable bonds is 6. The highest BCUT2D eigenvalue weighted by Crippen LogP contribution is 2.21. The van der Waals surface area contributed by atoms with Crippen molar-refractivity contribution in [3.8, 4) is 5.75 Å². The van der Waals surface area contributed by atoms with E-state index in [2.05, 4.69) is 18.7 Å². The number of benzene rings is 1. The van der Waals surface area contributed by atoms with Crippen LogP contribution in [0.3, 0.4) is 0 Å². The Hall–Kier alpha value is -1.35. The van der Waals surface area contributed by atoms with E-state index < -0.39 is 0 Å². The van der Waals surface area contributed by atoms with Crippen molar-refractivity contribution in [1.82, 2.24) is 4.90 Å². The maximum Gasteiger partial charge on any atom is 0.166 e. The molecular weight excluding hydrogens is 226 g/mol. The second kappa shape index (κ2) is 6.01. The van der Waals surface area contributed by atoms with E-state index in [0.29, 0.717) is 24.3 Å². The molecule has 3 nitrogen and oxygen atoms in total. The maximum atomic E-state index is 11.8. The third kappa shape index (κ3) is 3.57. The van der Waals surface area contributed by atoms with Crippen molar-refractivity contribution in [2.45, 2.75) is 32.7 Å². The monoisotopic (exact) mass is 249 g/mol. The average molecular weight is 249 g/mol. The number of carbonyl (C=O) groups excluding carboxylic acids is 1. The number of nitrogens with zero attached hydrogens (tertiary/aromatic N) is 1. The molecule has 0 bridgehead atoms. The largest absolute Gasteiger partial charge is 0.491 e. The zero-order valence-electron chi connectivity index (χ0n) is 12.0. The molecule has 0 amide bonds. The lowest BCUT2D eigenvalue weighted by Gasteiger charge is -2.32. The third-order valence-electron chi connectivity index (χ3n) is 3.30. The fourth-order valence-electron chi connectivity index (χ4n) is 1.40. The molecule has 0 fully saturated rings. The molecule has 1 aromatic carbocycles. The van der Waals surface area contributed by atoms with Crippen LogP contribution in [0.5, 0.6) is 5.75 Å². The summed E-state index contributed by atoms with van der Waals surface area (Å²) in [7, 11) is 4.04. The van der Waals surface area contributed by atoms with E-state index in [1.807, 2.05) is 45.3 Å². The molecule has 3 heteroatoms. The highest BCUT2D eigenvalue weighted by molar-refractivity contribution is 5.98. The van der Waals surface area contributed by atoms with E-state index in [9.17, 15) is 4.79 Å². The molecule has 0 N–H and O–H groups in total. The van der Waals surface area contributed by atoms with Gasteiger partial charge < -0.3 is 9.64 Å². The van der Waals surface area contributed by atoms with Crippen LogP contribution in [0.15, 0.2) is 24.3 Å². The molecule has 0 unspecified atom stereocenters. The molecule has 18 heavy (non-hydrogen) atoms. The van der Waals surface area contributed by atoms with Gasteiger partial charge in [0.05, 0.1) is 5.56 Å². The predicted octanol–water partition coefficient (Wildman–Crippen LogP) is 3.00. The van der Waals surface area contributed by atoms with Gasteiger partial charge >= 0.3 is 0 Å². The van der Waals surface area contributed by atoms with Crippen molar-refractivity contribution in [3.63, 3.8) is 0 Å². The molecule has 0 radical (unpaired) electrons. The Kier molecular flexibility index (Phi) is 4.91. The zero-order chi connectivity index (χ0) is 13.8. The summed E-state index contributed by atoms with van der Waals surface area (Å²) in [4.78, 5) is 13.9. The van der Waals surface area contributed by atoms with Crippen molar-refractivity contribution >= 4 is 5.78 Å². The molecule has 0 aromatic heterocycles. The molecule has 0 aliphatic carbocycles. The first-order valence-electron chi connectivity index (χ1n) is 6.31. The van der Waals surface area contributed by atoms with Crippen LogP contribution in [-0.2, 0) is 0 Å². The number of ether oxygens (including phenoxy) is 1. The first-order chi connectivity index (χ1) is 8.38. The Morgan fingerprint density at radius 3 is 2.44 bits per heavy atom. The van der Waals surface area contributed by atoms with E-state index in [-0.39, 0.29) is 11.3 Å². The van der Waals surface area contributed by atoms with E-state index in [1.165, 1.54) is 0 Å². The summed E-state index contributed by atoms with van der Waals surface area (Å²) in [6.07, 6.45) is 0.497. The molecule has 0 saturated heterocycles.